The molecule has 80 valence electrons. The summed E-state index contributed by atoms with van der Waals surface area (Å²) in [5, 5.41) is 7.42. The van der Waals surface area contributed by atoms with E-state index in [2.05, 4.69) is 6.58 Å². The molecule has 14 heavy (non-hydrogen) atoms. The van der Waals surface area contributed by atoms with Gasteiger partial charge in [-0.15, -0.1) is 6.58 Å². The fourth-order valence-electron chi connectivity index (χ4n) is 0.901. The first-order valence-electron chi connectivity index (χ1n) is 4.49. The van der Waals surface area contributed by atoms with Crippen LogP contribution in [0.4, 0.5) is 0 Å². The minimum absolute atomic E-state index is 0.106. The zero-order chi connectivity index (χ0) is 11.2. The van der Waals surface area contributed by atoms with Gasteiger partial charge in [0.05, 0.1) is 12.0 Å². The number of carboxylic acid groups (broad SMARTS) is 1. The predicted octanol–water partition coefficient (Wildman–Crippen LogP) is 1.61. The molecule has 0 aromatic carbocycles. The van der Waals surface area contributed by atoms with Gasteiger partial charge < -0.3 is 9.84 Å². The molecule has 1 aliphatic rings. The van der Waals surface area contributed by atoms with Crippen molar-refractivity contribution >= 4 is 11.9 Å². The van der Waals surface area contributed by atoms with E-state index in [1.165, 1.54) is 0 Å². The van der Waals surface area contributed by atoms with Crippen molar-refractivity contribution in [2.45, 2.75) is 26.7 Å². The highest BCUT2D eigenvalue weighted by atomic mass is 16.5. The van der Waals surface area contributed by atoms with E-state index in [4.69, 9.17) is 14.6 Å². The van der Waals surface area contributed by atoms with Crippen LogP contribution in [0.1, 0.15) is 26.7 Å². The molecule has 0 heterocycles. The van der Waals surface area contributed by atoms with Crippen LogP contribution in [0.3, 0.4) is 0 Å². The van der Waals surface area contributed by atoms with Crippen molar-refractivity contribution in [2.24, 2.45) is 5.41 Å². The van der Waals surface area contributed by atoms with Gasteiger partial charge in [-0.1, -0.05) is 6.08 Å². The van der Waals surface area contributed by atoms with Crippen LogP contribution in [0.5, 0.6) is 0 Å². The molecule has 1 N–H and O–H groups in total. The van der Waals surface area contributed by atoms with Crippen molar-refractivity contribution in [1.29, 1.82) is 0 Å². The molecule has 0 unspecified atom stereocenters. The van der Waals surface area contributed by atoms with Gasteiger partial charge in [0.15, 0.2) is 0 Å². The van der Waals surface area contributed by atoms with E-state index in [1.54, 1.807) is 6.08 Å². The first-order chi connectivity index (χ1) is 6.48. The molecule has 0 amide bonds. The number of rotatable bonds is 3. The molecule has 0 bridgehead atoms. The molecule has 1 saturated carbocycles. The average Bonchev–Trinajstić information content (AvgIpc) is 2.83. The summed E-state index contributed by atoms with van der Waals surface area (Å²) in [5.41, 5.74) is -0.296. The Bertz CT molecular complexity index is 224. The lowest BCUT2D eigenvalue weighted by Gasteiger charge is -2.06. The van der Waals surface area contributed by atoms with Gasteiger partial charge in [0, 0.05) is 6.92 Å². The summed E-state index contributed by atoms with van der Waals surface area (Å²) in [5.74, 6) is -0.940. The van der Waals surface area contributed by atoms with Crippen molar-refractivity contribution in [3.05, 3.63) is 12.7 Å². The Hall–Kier alpha value is -1.32. The van der Waals surface area contributed by atoms with Gasteiger partial charge >= 0.3 is 5.97 Å². The average molecular weight is 200 g/mol. The third-order valence-electron chi connectivity index (χ3n) is 1.86. The Morgan fingerprint density at radius 2 is 2.00 bits per heavy atom. The monoisotopic (exact) mass is 200 g/mol. The standard InChI is InChI=1S/C8H12O2.C2H4O2/c1-3-8(5-6-8)7(9)10-4-2;1-2(3)4/h3H,1,4-6H2,2H3;1H3,(H,3,4). The SMILES string of the molecule is C=CC1(C(=O)OCC)CC1.CC(=O)O. The van der Waals surface area contributed by atoms with Crippen molar-refractivity contribution in [2.75, 3.05) is 6.61 Å². The second-order valence-corrected chi connectivity index (χ2v) is 3.10. The second-order valence-electron chi connectivity index (χ2n) is 3.10. The Morgan fingerprint density at radius 1 is 1.57 bits per heavy atom. The first kappa shape index (κ1) is 12.7. The Kier molecular flexibility index (Phi) is 4.91. The summed E-state index contributed by atoms with van der Waals surface area (Å²) in [7, 11) is 0. The van der Waals surface area contributed by atoms with Crippen molar-refractivity contribution in [1.82, 2.24) is 0 Å². The summed E-state index contributed by atoms with van der Waals surface area (Å²) >= 11 is 0. The largest absolute Gasteiger partial charge is 0.481 e. The number of hydrogen-bond donors (Lipinski definition) is 1. The number of aliphatic carboxylic acids is 1. The van der Waals surface area contributed by atoms with Crippen LogP contribution in [0.2, 0.25) is 0 Å². The number of esters is 1. The normalized spacial score (nSPS) is 15.9. The minimum Gasteiger partial charge on any atom is -0.481 e. The lowest BCUT2D eigenvalue weighted by Crippen LogP contribution is -2.16. The highest BCUT2D eigenvalue weighted by molar-refractivity contribution is 5.82. The van der Waals surface area contributed by atoms with Crippen molar-refractivity contribution < 1.29 is 19.4 Å². The smallest absolute Gasteiger partial charge is 0.315 e. The van der Waals surface area contributed by atoms with E-state index < -0.39 is 5.97 Å². The number of hydrogen-bond acceptors (Lipinski definition) is 3. The molecule has 0 aromatic heterocycles. The molecule has 0 spiro atoms. The Morgan fingerprint density at radius 3 is 2.21 bits per heavy atom. The third-order valence-corrected chi connectivity index (χ3v) is 1.86. The molecular formula is C10H16O4. The van der Waals surface area contributed by atoms with Gasteiger partial charge in [-0.3, -0.25) is 9.59 Å². The topological polar surface area (TPSA) is 63.6 Å². The van der Waals surface area contributed by atoms with Gasteiger partial charge in [0.2, 0.25) is 0 Å². The molecule has 4 nitrogen and oxygen atoms in total. The maximum atomic E-state index is 11.1. The maximum Gasteiger partial charge on any atom is 0.315 e. The number of carbonyl (C=O) groups excluding carboxylic acids is 1. The molecular weight excluding hydrogens is 184 g/mol. The highest BCUT2D eigenvalue weighted by Crippen LogP contribution is 2.47. The molecule has 0 aliphatic heterocycles. The van der Waals surface area contributed by atoms with E-state index in [1.807, 2.05) is 6.92 Å². The number of carbonyl (C=O) groups is 2. The molecule has 4 heteroatoms. The third kappa shape index (κ3) is 4.07. The van der Waals surface area contributed by atoms with Gasteiger partial charge in [-0.2, -0.15) is 0 Å². The van der Waals surface area contributed by atoms with E-state index in [-0.39, 0.29) is 11.4 Å². The highest BCUT2D eigenvalue weighted by Gasteiger charge is 2.48. The summed E-state index contributed by atoms with van der Waals surface area (Å²) in [6.45, 7) is 6.96. The van der Waals surface area contributed by atoms with Crippen LogP contribution in [0.15, 0.2) is 12.7 Å². The van der Waals surface area contributed by atoms with Crippen molar-refractivity contribution in [3.63, 3.8) is 0 Å². The Labute approximate surface area is 83.6 Å². The predicted molar refractivity (Wildman–Crippen MR) is 51.8 cm³/mol. The first-order valence-corrected chi connectivity index (χ1v) is 4.49. The van der Waals surface area contributed by atoms with E-state index in [0.717, 1.165) is 19.8 Å². The van der Waals surface area contributed by atoms with Crippen LogP contribution in [0.25, 0.3) is 0 Å². The second kappa shape index (κ2) is 5.42. The summed E-state index contributed by atoms with van der Waals surface area (Å²) in [4.78, 5) is 20.1. The number of ether oxygens (including phenoxy) is 1. The van der Waals surface area contributed by atoms with Gasteiger partial charge in [0.25, 0.3) is 5.97 Å². The number of carboxylic acids is 1. The van der Waals surface area contributed by atoms with Gasteiger partial charge in [0.1, 0.15) is 0 Å². The molecule has 0 atom stereocenters. The van der Waals surface area contributed by atoms with E-state index in [0.29, 0.717) is 6.61 Å². The summed E-state index contributed by atoms with van der Waals surface area (Å²) in [6.07, 6.45) is 3.52. The molecule has 0 saturated heterocycles. The molecule has 1 fully saturated rings. The van der Waals surface area contributed by atoms with Crippen LogP contribution in [-0.2, 0) is 14.3 Å². The molecule has 1 rings (SSSR count). The lowest BCUT2D eigenvalue weighted by molar-refractivity contribution is -0.147. The van der Waals surface area contributed by atoms with E-state index >= 15 is 0 Å². The van der Waals surface area contributed by atoms with Crippen LogP contribution < -0.4 is 0 Å². The van der Waals surface area contributed by atoms with Crippen LogP contribution in [0, 0.1) is 5.41 Å². The lowest BCUT2D eigenvalue weighted by atomic mass is 10.1. The zero-order valence-electron chi connectivity index (χ0n) is 8.58. The van der Waals surface area contributed by atoms with Crippen LogP contribution in [-0.4, -0.2) is 23.7 Å². The Balaban J connectivity index is 0.000000364. The fraction of sp³-hybridized carbons (Fsp3) is 0.600. The molecule has 1 aliphatic carbocycles. The zero-order valence-corrected chi connectivity index (χ0v) is 8.58. The quantitative estimate of drug-likeness (QED) is 0.555. The molecule has 0 radical (unpaired) electrons. The van der Waals surface area contributed by atoms with Gasteiger partial charge in [-0.05, 0) is 19.8 Å². The maximum absolute atomic E-state index is 11.1. The molecule has 0 aromatic rings. The minimum atomic E-state index is -0.833. The summed E-state index contributed by atoms with van der Waals surface area (Å²) in [6, 6.07) is 0. The fourth-order valence-corrected chi connectivity index (χ4v) is 0.901. The summed E-state index contributed by atoms with van der Waals surface area (Å²) < 4.78 is 4.85. The van der Waals surface area contributed by atoms with Crippen molar-refractivity contribution in [3.8, 4) is 0 Å². The van der Waals surface area contributed by atoms with Gasteiger partial charge in [-0.25, -0.2) is 0 Å². The van der Waals surface area contributed by atoms with Crippen LogP contribution >= 0.6 is 0 Å². The van der Waals surface area contributed by atoms with E-state index in [9.17, 15) is 4.79 Å².